The van der Waals surface area contributed by atoms with Crippen molar-refractivity contribution in [3.63, 3.8) is 0 Å². The Hall–Kier alpha value is -11.2. The molecule has 18 nitrogen and oxygen atoms in total. The molecule has 0 saturated heterocycles. The van der Waals surface area contributed by atoms with Gasteiger partial charge in [-0.25, -0.2) is 38.4 Å². The summed E-state index contributed by atoms with van der Waals surface area (Å²) in [5.74, 6) is -2.07. The van der Waals surface area contributed by atoms with Gasteiger partial charge in [0.1, 0.15) is 4.88 Å². The van der Waals surface area contributed by atoms with Gasteiger partial charge in [0.25, 0.3) is 0 Å². The maximum atomic E-state index is 12.0. The number of benzene rings is 9. The number of carbonyl (C=O) groups is 9. The van der Waals surface area contributed by atoms with Crippen LogP contribution in [0.25, 0.3) is 0 Å². The van der Waals surface area contributed by atoms with Gasteiger partial charge in [-0.2, -0.15) is 0 Å². The van der Waals surface area contributed by atoms with E-state index in [1.807, 2.05) is 132 Å². The van der Waals surface area contributed by atoms with E-state index >= 15 is 0 Å². The van der Waals surface area contributed by atoms with Gasteiger partial charge in [0.2, 0.25) is 5.91 Å². The molecule has 1 aromatic heterocycles. The van der Waals surface area contributed by atoms with Crippen LogP contribution in [0.4, 0.5) is 5.69 Å². The van der Waals surface area contributed by atoms with Gasteiger partial charge in [-0.05, 0) is 247 Å². The lowest BCUT2D eigenvalue weighted by molar-refractivity contribution is -0.116. The largest absolute Gasteiger partial charge is 0.478 e. The highest BCUT2D eigenvalue weighted by atomic mass is 35.5. The second-order valence-corrected chi connectivity index (χ2v) is 36.6. The normalized spacial score (nSPS) is 10.4. The van der Waals surface area contributed by atoms with E-state index in [0.29, 0.717) is 103 Å². The number of esters is 2. The average molecular weight is 1870 g/mol. The second kappa shape index (κ2) is 61.4. The number of carboxylic acid groups (broad SMARTS) is 6. The van der Waals surface area contributed by atoms with Crippen LogP contribution in [-0.2, 0) is 20.7 Å². The molecule has 9 aromatic carbocycles. The Balaban J connectivity index is 0.000000731. The monoisotopic (exact) mass is 1870 g/mol. The molecule has 131 heavy (non-hydrogen) atoms. The molecule has 10 aromatic rings. The van der Waals surface area contributed by atoms with Crippen LogP contribution >= 0.6 is 46.1 Å². The number of hydrogen-bond donors (Lipinski definition) is 7. The number of hydrogen-bond acceptors (Lipinski definition) is 12. The molecule has 0 aliphatic heterocycles. The molecule has 0 bridgehead atoms. The number of nitrogens with one attached hydrogen (secondary N) is 1. The third kappa shape index (κ3) is 44.5. The van der Waals surface area contributed by atoms with Crippen molar-refractivity contribution in [1.82, 2.24) is 0 Å². The number of aromatic carboxylic acids is 6. The standard InChI is InChI=1S/C14H21NO.C14H20O4S.C11H16.3C10H11ClO2.3C10H12O2.C10H14/c1-4-5-9-14(16)15-13-8-6-7-12(10-13)11(2)3;1-6-17-13(15)10-9(5)12(14(16)18-7-2)19-11(10)8(3)4;1-8(2)11-6-9(3)5-10(4)7-11;1-6(2)9-5-7(11)3-4-8(9)10(12)13;1-6(2)7-3-4-9(11)8(5-7)10(12)13;1-6(2)7-3-4-8(10(12)13)9(11)5-7;1-7(2)8-3-5-9(6-4-8)10(11)12;1-7(2)8-4-3-5-9(6-8)10(11)12;1-7(2)8-5-3-4-6-9(8)10(11)12;1-9(2)8-10-6-4-3-5-7-10/h6-8,10-11H,4-5,9H2,1-3H3,(H,15,16);8H,6-7H2,1-5H3;5-8H,1-4H3;3*3-6H,1-2H3,(H,12,13);3*3-7H,1-2H3,(H,11,12);3-7,9H,8H2,1-2H3. The van der Waals surface area contributed by atoms with Crippen molar-refractivity contribution in [2.24, 2.45) is 5.92 Å². The Morgan fingerprint density at radius 2 is 0.802 bits per heavy atom. The van der Waals surface area contributed by atoms with Crippen LogP contribution in [0.15, 0.2) is 200 Å². The second-order valence-electron chi connectivity index (χ2n) is 34.3. The Bertz CT molecular complexity index is 5220. The van der Waals surface area contributed by atoms with Crippen LogP contribution in [0.2, 0.25) is 15.1 Å². The number of amides is 1. The molecule has 0 spiro atoms. The predicted molar refractivity (Wildman–Crippen MR) is 539 cm³/mol. The number of halogens is 3. The zero-order valence-electron chi connectivity index (χ0n) is 81.3. The molecule has 1 amide bonds. The smallest absolute Gasteiger partial charge is 0.348 e. The summed E-state index contributed by atoms with van der Waals surface area (Å²) in [6.45, 7) is 53.7. The lowest BCUT2D eigenvalue weighted by atomic mass is 9.97. The highest BCUT2D eigenvalue weighted by Gasteiger charge is 2.28. The first kappa shape index (κ1) is 118. The molecule has 0 aliphatic rings. The van der Waals surface area contributed by atoms with E-state index < -0.39 is 35.8 Å². The minimum atomic E-state index is -0.986. The third-order valence-electron chi connectivity index (χ3n) is 19.7. The number of unbranched alkanes of at least 4 members (excludes halogenated alkanes) is 1. The van der Waals surface area contributed by atoms with Gasteiger partial charge in [-0.1, -0.05) is 313 Å². The quantitative estimate of drug-likeness (QED) is 0.0262. The molecule has 10 rings (SSSR count). The minimum absolute atomic E-state index is 0.114. The summed E-state index contributed by atoms with van der Waals surface area (Å²) in [6, 6.07) is 61.5. The molecule has 1 heterocycles. The van der Waals surface area contributed by atoms with Crippen molar-refractivity contribution < 1.29 is 83.3 Å². The van der Waals surface area contributed by atoms with E-state index in [9.17, 15) is 43.2 Å². The summed E-state index contributed by atoms with van der Waals surface area (Å²) in [4.78, 5) is 101. The minimum Gasteiger partial charge on any atom is -0.478 e. The highest BCUT2D eigenvalue weighted by molar-refractivity contribution is 7.14. The summed E-state index contributed by atoms with van der Waals surface area (Å²) in [7, 11) is 0. The van der Waals surface area contributed by atoms with E-state index in [2.05, 4.69) is 142 Å². The van der Waals surface area contributed by atoms with Gasteiger partial charge in [0.05, 0.1) is 62.2 Å². The van der Waals surface area contributed by atoms with Crippen molar-refractivity contribution in [2.75, 3.05) is 18.5 Å². The number of carboxylic acids is 6. The summed E-state index contributed by atoms with van der Waals surface area (Å²) in [6.07, 6.45) is 3.82. The van der Waals surface area contributed by atoms with Crippen LogP contribution in [0.1, 0.15) is 386 Å². The lowest BCUT2D eigenvalue weighted by Gasteiger charge is -2.09. The summed E-state index contributed by atoms with van der Waals surface area (Å²) in [5, 5.41) is 56.6. The number of aryl methyl sites for hydroxylation is 2. The molecule has 0 unspecified atom stereocenters. The van der Waals surface area contributed by atoms with Crippen LogP contribution in [0.5, 0.6) is 0 Å². The van der Waals surface area contributed by atoms with E-state index in [1.165, 1.54) is 51.1 Å². The highest BCUT2D eigenvalue weighted by Crippen LogP contribution is 2.36. The molecular weight excluding hydrogens is 1730 g/mol. The SMILES string of the molecule is CC(C)Cc1ccccc1.CC(C)c1cc(Cl)ccc1C(=O)O.CC(C)c1ccc(C(=O)O)c(Cl)c1.CC(C)c1ccc(C(=O)O)cc1.CC(C)c1ccc(Cl)c(C(=O)O)c1.CC(C)c1cccc(C(=O)O)c1.CC(C)c1ccccc1C(=O)O.CCCCC(=O)Nc1cccc(C(C)C)c1.CCOC(=O)c1sc(C(C)C)c(C(=O)OCC)c1C.Cc1cc(C)cc(C(C)C)c1. The van der Waals surface area contributed by atoms with E-state index in [0.717, 1.165) is 57.1 Å². The fourth-order valence-corrected chi connectivity index (χ4v) is 14.2. The first-order valence-electron chi connectivity index (χ1n) is 44.4. The molecule has 0 saturated carbocycles. The van der Waals surface area contributed by atoms with Crippen molar-refractivity contribution in [3.8, 4) is 0 Å². The van der Waals surface area contributed by atoms with Crippen molar-refractivity contribution >= 4 is 105 Å². The van der Waals surface area contributed by atoms with Crippen LogP contribution in [-0.4, -0.2) is 97.5 Å². The number of ether oxygens (including phenoxy) is 2. The Morgan fingerprint density at radius 3 is 1.25 bits per heavy atom. The molecule has 7 N–H and O–H groups in total. The van der Waals surface area contributed by atoms with Crippen molar-refractivity contribution in [3.05, 3.63) is 331 Å². The van der Waals surface area contributed by atoms with Gasteiger partial charge in [-0.3, -0.25) is 4.79 Å². The fraction of sp³-hybridized carbons (Fsp3) is 0.385. The Kier molecular flexibility index (Phi) is 55.2. The predicted octanol–water partition coefficient (Wildman–Crippen LogP) is 30.8. The Morgan fingerprint density at radius 1 is 0.359 bits per heavy atom. The van der Waals surface area contributed by atoms with Gasteiger partial charge in [0, 0.05) is 22.0 Å². The summed E-state index contributed by atoms with van der Waals surface area (Å²) < 4.78 is 10.1. The maximum Gasteiger partial charge on any atom is 0.348 e. The molecule has 22 heteroatoms. The zero-order valence-corrected chi connectivity index (χ0v) is 84.4. The van der Waals surface area contributed by atoms with E-state index in [1.54, 1.807) is 112 Å². The molecule has 0 fully saturated rings. The number of anilines is 1. The van der Waals surface area contributed by atoms with Crippen LogP contribution in [0.3, 0.4) is 0 Å². The molecule has 0 atom stereocenters. The first-order valence-corrected chi connectivity index (χ1v) is 46.4. The molecular formula is C109H140Cl3NO17S. The van der Waals surface area contributed by atoms with Gasteiger partial charge >= 0.3 is 47.8 Å². The molecule has 0 radical (unpaired) electrons. The summed E-state index contributed by atoms with van der Waals surface area (Å²) in [5.41, 5.74) is 16.7. The summed E-state index contributed by atoms with van der Waals surface area (Å²) >= 11 is 18.6. The number of thiophene rings is 1. The van der Waals surface area contributed by atoms with Crippen LogP contribution in [0, 0.1) is 26.7 Å². The lowest BCUT2D eigenvalue weighted by Crippen LogP contribution is -2.11. The maximum absolute atomic E-state index is 12.0. The average Bonchev–Trinajstić information content (AvgIpc) is 1.64. The van der Waals surface area contributed by atoms with Gasteiger partial charge < -0.3 is 45.4 Å². The van der Waals surface area contributed by atoms with E-state index in [-0.39, 0.29) is 51.7 Å². The molecule has 0 aliphatic carbocycles. The number of rotatable bonds is 25. The van der Waals surface area contributed by atoms with Gasteiger partial charge in [0.15, 0.2) is 0 Å². The van der Waals surface area contributed by atoms with Crippen molar-refractivity contribution in [1.29, 1.82) is 0 Å². The Labute approximate surface area is 797 Å². The number of carbonyl (C=O) groups excluding carboxylic acids is 3. The zero-order chi connectivity index (χ0) is 99.8. The van der Waals surface area contributed by atoms with E-state index in [4.69, 9.17) is 74.9 Å². The van der Waals surface area contributed by atoms with Crippen LogP contribution < -0.4 is 5.32 Å². The van der Waals surface area contributed by atoms with Crippen molar-refractivity contribution in [2.45, 2.75) is 259 Å². The topological polar surface area (TPSA) is 305 Å². The fourth-order valence-electron chi connectivity index (χ4n) is 12.3. The molecule has 710 valence electrons. The van der Waals surface area contributed by atoms with Gasteiger partial charge in [-0.15, -0.1) is 11.3 Å². The third-order valence-corrected chi connectivity index (χ3v) is 22.2. The first-order chi connectivity index (χ1) is 61.3.